The zero-order chi connectivity index (χ0) is 26.0. The van der Waals surface area contributed by atoms with Crippen LogP contribution in [0.3, 0.4) is 0 Å². The lowest BCUT2D eigenvalue weighted by Gasteiger charge is -2.40. The summed E-state index contributed by atoms with van der Waals surface area (Å²) in [7, 11) is 0. The van der Waals surface area contributed by atoms with E-state index in [0.29, 0.717) is 18.7 Å². The molecule has 0 aliphatic carbocycles. The molecule has 2 heterocycles. The van der Waals surface area contributed by atoms with Crippen molar-refractivity contribution in [2.45, 2.75) is 59.5 Å². The standard InChI is InChI=1S/C30H36N2O3S/c1-20-7-10-23(11-8-20)29(34)32(30(4,5)6)18-28(33)31-15-13-27-24(14-16-36-27)25(31)19-35-26-12-9-21(2)17-22(26)3/h7-12,14,16-17,25H,13,15,18-19H2,1-6H3. The highest BCUT2D eigenvalue weighted by Gasteiger charge is 2.36. The van der Waals surface area contributed by atoms with Crippen LogP contribution in [-0.4, -0.2) is 46.8 Å². The van der Waals surface area contributed by atoms with Gasteiger partial charge in [0.05, 0.1) is 6.04 Å². The summed E-state index contributed by atoms with van der Waals surface area (Å²) in [5.74, 6) is 0.643. The van der Waals surface area contributed by atoms with Gasteiger partial charge in [0.1, 0.15) is 18.9 Å². The van der Waals surface area contributed by atoms with Gasteiger partial charge < -0.3 is 14.5 Å². The number of nitrogens with zero attached hydrogens (tertiary/aromatic N) is 2. The maximum absolute atomic E-state index is 13.8. The number of amides is 2. The molecule has 0 saturated heterocycles. The van der Waals surface area contributed by atoms with Crippen LogP contribution in [0.2, 0.25) is 0 Å². The Morgan fingerprint density at radius 2 is 1.72 bits per heavy atom. The molecule has 1 unspecified atom stereocenters. The Morgan fingerprint density at radius 3 is 2.39 bits per heavy atom. The first-order valence-corrected chi connectivity index (χ1v) is 13.4. The zero-order valence-electron chi connectivity index (χ0n) is 22.1. The van der Waals surface area contributed by atoms with Gasteiger partial charge in [-0.2, -0.15) is 0 Å². The molecule has 4 rings (SSSR count). The second-order valence-corrected chi connectivity index (χ2v) is 11.7. The molecule has 0 bridgehead atoms. The number of aryl methyl sites for hydroxylation is 3. The van der Waals surface area contributed by atoms with Gasteiger partial charge in [0.2, 0.25) is 5.91 Å². The topological polar surface area (TPSA) is 49.9 Å². The van der Waals surface area contributed by atoms with E-state index in [4.69, 9.17) is 4.74 Å². The van der Waals surface area contributed by atoms with Gasteiger partial charge in [-0.15, -0.1) is 11.3 Å². The number of rotatable bonds is 6. The van der Waals surface area contributed by atoms with Crippen molar-refractivity contribution in [3.05, 3.63) is 86.6 Å². The average molecular weight is 505 g/mol. The Morgan fingerprint density at radius 1 is 1.03 bits per heavy atom. The molecule has 6 heteroatoms. The average Bonchev–Trinajstić information content (AvgIpc) is 3.30. The second-order valence-electron chi connectivity index (χ2n) is 10.7. The molecule has 0 saturated carbocycles. The van der Waals surface area contributed by atoms with Crippen LogP contribution in [0.25, 0.3) is 0 Å². The highest BCUT2D eigenvalue weighted by Crippen LogP contribution is 2.35. The van der Waals surface area contributed by atoms with E-state index in [-0.39, 0.29) is 24.4 Å². The predicted molar refractivity (Wildman–Crippen MR) is 146 cm³/mol. The Kier molecular flexibility index (Phi) is 7.55. The molecule has 36 heavy (non-hydrogen) atoms. The van der Waals surface area contributed by atoms with Crippen molar-refractivity contribution in [2.75, 3.05) is 19.7 Å². The van der Waals surface area contributed by atoms with E-state index in [2.05, 4.69) is 24.4 Å². The van der Waals surface area contributed by atoms with E-state index in [1.165, 1.54) is 10.4 Å². The van der Waals surface area contributed by atoms with E-state index in [1.807, 2.05) is 75.9 Å². The summed E-state index contributed by atoms with van der Waals surface area (Å²) in [5, 5.41) is 2.09. The fraction of sp³-hybridized carbons (Fsp3) is 0.400. The molecule has 5 nitrogen and oxygen atoms in total. The quantitative estimate of drug-likeness (QED) is 0.406. The third-order valence-electron chi connectivity index (χ3n) is 6.79. The van der Waals surface area contributed by atoms with Gasteiger partial charge in [-0.3, -0.25) is 9.59 Å². The lowest BCUT2D eigenvalue weighted by Crippen LogP contribution is -2.53. The molecule has 0 spiro atoms. The summed E-state index contributed by atoms with van der Waals surface area (Å²) in [6, 6.07) is 15.6. The molecule has 1 aromatic heterocycles. The minimum atomic E-state index is -0.508. The minimum absolute atomic E-state index is 0.0236. The van der Waals surface area contributed by atoms with Gasteiger partial charge in [0, 0.05) is 22.5 Å². The summed E-state index contributed by atoms with van der Waals surface area (Å²) in [4.78, 5) is 32.1. The van der Waals surface area contributed by atoms with Crippen molar-refractivity contribution in [3.8, 4) is 5.75 Å². The number of hydrogen-bond acceptors (Lipinski definition) is 4. The molecule has 3 aromatic rings. The summed E-state index contributed by atoms with van der Waals surface area (Å²) in [5.41, 5.74) is 4.60. The highest BCUT2D eigenvalue weighted by atomic mass is 32.1. The van der Waals surface area contributed by atoms with Crippen molar-refractivity contribution in [3.63, 3.8) is 0 Å². The molecule has 0 fully saturated rings. The van der Waals surface area contributed by atoms with E-state index in [0.717, 1.165) is 28.9 Å². The maximum atomic E-state index is 13.8. The first-order chi connectivity index (χ1) is 17.0. The first-order valence-electron chi connectivity index (χ1n) is 12.5. The van der Waals surface area contributed by atoms with Crippen molar-refractivity contribution in [2.24, 2.45) is 0 Å². The number of fused-ring (bicyclic) bond motifs is 1. The fourth-order valence-corrected chi connectivity index (χ4v) is 5.62. The van der Waals surface area contributed by atoms with Crippen molar-refractivity contribution < 1.29 is 14.3 Å². The largest absolute Gasteiger partial charge is 0.491 e. The number of thiophene rings is 1. The number of hydrogen-bond donors (Lipinski definition) is 0. The van der Waals surface area contributed by atoms with Gasteiger partial charge >= 0.3 is 0 Å². The normalized spacial score (nSPS) is 15.4. The van der Waals surface area contributed by atoms with Crippen LogP contribution in [0.5, 0.6) is 5.75 Å². The predicted octanol–water partition coefficient (Wildman–Crippen LogP) is 6.12. The zero-order valence-corrected chi connectivity index (χ0v) is 22.9. The maximum Gasteiger partial charge on any atom is 0.254 e. The molecular weight excluding hydrogens is 468 g/mol. The van der Waals surface area contributed by atoms with E-state index >= 15 is 0 Å². The minimum Gasteiger partial charge on any atom is -0.491 e. The number of ether oxygens (including phenoxy) is 1. The SMILES string of the molecule is Cc1ccc(C(=O)N(CC(=O)N2CCc3sccc3C2COc2ccc(C)cc2C)C(C)(C)C)cc1. The molecule has 1 aliphatic rings. The Labute approximate surface area is 218 Å². The van der Waals surface area contributed by atoms with Crippen LogP contribution in [0.15, 0.2) is 53.9 Å². The number of benzene rings is 2. The van der Waals surface area contributed by atoms with Gasteiger partial charge in [-0.25, -0.2) is 0 Å². The van der Waals surface area contributed by atoms with Gasteiger partial charge in [0.15, 0.2) is 0 Å². The van der Waals surface area contributed by atoms with Crippen LogP contribution in [0.4, 0.5) is 0 Å². The summed E-state index contributed by atoms with van der Waals surface area (Å²) >= 11 is 1.73. The monoisotopic (exact) mass is 504 g/mol. The van der Waals surface area contributed by atoms with Crippen LogP contribution in [-0.2, 0) is 11.2 Å². The molecule has 0 N–H and O–H groups in total. The van der Waals surface area contributed by atoms with Gasteiger partial charge in [-0.1, -0.05) is 35.4 Å². The van der Waals surface area contributed by atoms with Crippen molar-refractivity contribution in [1.82, 2.24) is 9.80 Å². The van der Waals surface area contributed by atoms with Gasteiger partial charge in [-0.05, 0) is 88.7 Å². The van der Waals surface area contributed by atoms with Crippen molar-refractivity contribution >= 4 is 23.2 Å². The Balaban J connectivity index is 1.57. The molecule has 1 aliphatic heterocycles. The fourth-order valence-electron chi connectivity index (χ4n) is 4.70. The number of carbonyl (C=O) groups excluding carboxylic acids is 2. The molecular formula is C30H36N2O3S. The van der Waals surface area contributed by atoms with Gasteiger partial charge in [0.25, 0.3) is 5.91 Å². The Bertz CT molecular complexity index is 1240. The lowest BCUT2D eigenvalue weighted by atomic mass is 9.99. The van der Waals surface area contributed by atoms with E-state index in [9.17, 15) is 9.59 Å². The van der Waals surface area contributed by atoms with E-state index < -0.39 is 5.54 Å². The van der Waals surface area contributed by atoms with Crippen LogP contribution >= 0.6 is 11.3 Å². The van der Waals surface area contributed by atoms with Crippen LogP contribution in [0, 0.1) is 20.8 Å². The Hall–Kier alpha value is -3.12. The smallest absolute Gasteiger partial charge is 0.254 e. The van der Waals surface area contributed by atoms with Crippen LogP contribution in [0.1, 0.15) is 64.3 Å². The lowest BCUT2D eigenvalue weighted by molar-refractivity contribution is -0.136. The second kappa shape index (κ2) is 10.5. The molecule has 1 atom stereocenters. The third kappa shape index (κ3) is 5.65. The summed E-state index contributed by atoms with van der Waals surface area (Å²) < 4.78 is 6.27. The number of carbonyl (C=O) groups is 2. The third-order valence-corrected chi connectivity index (χ3v) is 7.79. The molecule has 0 radical (unpaired) electrons. The highest BCUT2D eigenvalue weighted by molar-refractivity contribution is 7.10. The first kappa shape index (κ1) is 26.0. The summed E-state index contributed by atoms with van der Waals surface area (Å²) in [6.07, 6.45) is 0.820. The van der Waals surface area contributed by atoms with E-state index in [1.54, 1.807) is 16.2 Å². The molecule has 2 aromatic carbocycles. The summed E-state index contributed by atoms with van der Waals surface area (Å²) in [6.45, 7) is 13.0. The van der Waals surface area contributed by atoms with Crippen molar-refractivity contribution in [1.29, 1.82) is 0 Å². The van der Waals surface area contributed by atoms with Crippen LogP contribution < -0.4 is 4.74 Å². The molecule has 190 valence electrons. The molecule has 2 amide bonds.